The molecule has 0 heterocycles. The predicted molar refractivity (Wildman–Crippen MR) is 121 cm³/mol. The summed E-state index contributed by atoms with van der Waals surface area (Å²) in [6.45, 7) is 8.47. The third kappa shape index (κ3) is 7.63. The van der Waals surface area contributed by atoms with Crippen LogP contribution in [0.5, 0.6) is 11.5 Å². The van der Waals surface area contributed by atoms with Gasteiger partial charge in [0.15, 0.2) is 18.1 Å². The molecule has 0 radical (unpaired) electrons. The first-order chi connectivity index (χ1) is 14.8. The zero-order valence-corrected chi connectivity index (χ0v) is 19.1. The van der Waals surface area contributed by atoms with Crippen molar-refractivity contribution in [3.8, 4) is 11.5 Å². The maximum atomic E-state index is 12.4. The summed E-state index contributed by atoms with van der Waals surface area (Å²) in [5.74, 6) is 0.617. The molecule has 0 aromatic heterocycles. The van der Waals surface area contributed by atoms with Crippen LogP contribution in [0.25, 0.3) is 0 Å². The minimum Gasteiger partial charge on any atom is -0.493 e. The Labute approximate surface area is 184 Å². The van der Waals surface area contributed by atoms with Crippen LogP contribution in [0.15, 0.2) is 42.5 Å². The first-order valence-corrected chi connectivity index (χ1v) is 10.7. The highest BCUT2D eigenvalue weighted by atomic mass is 16.5. The number of ether oxygens (including phenoxy) is 3. The Hall–Kier alpha value is -3.02. The quantitative estimate of drug-likeness (QED) is 0.519. The molecule has 0 aliphatic heterocycles. The summed E-state index contributed by atoms with van der Waals surface area (Å²) < 4.78 is 16.3. The number of carbonyl (C=O) groups excluding carboxylic acids is 2. The number of methoxy groups -OCH3 is 1. The molecule has 168 valence electrons. The lowest BCUT2D eigenvalue weighted by Crippen LogP contribution is -2.32. The summed E-state index contributed by atoms with van der Waals surface area (Å²) in [6, 6.07) is 12.7. The van der Waals surface area contributed by atoms with E-state index in [2.05, 4.69) is 19.2 Å². The maximum Gasteiger partial charge on any atom is 0.338 e. The number of hydrogen-bond acceptors (Lipinski definition) is 5. The van der Waals surface area contributed by atoms with E-state index in [9.17, 15) is 9.59 Å². The van der Waals surface area contributed by atoms with Crippen molar-refractivity contribution in [2.75, 3.05) is 20.3 Å². The molecule has 0 aliphatic carbocycles. The van der Waals surface area contributed by atoms with Crippen molar-refractivity contribution in [1.82, 2.24) is 5.32 Å². The number of aryl methyl sites for hydroxylation is 1. The molecule has 2 rings (SSSR count). The number of carbonyl (C=O) groups is 2. The summed E-state index contributed by atoms with van der Waals surface area (Å²) in [5, 5.41) is 2.91. The van der Waals surface area contributed by atoms with Gasteiger partial charge in [0.25, 0.3) is 5.91 Å². The van der Waals surface area contributed by atoms with Crippen molar-refractivity contribution >= 4 is 11.9 Å². The Balaban J connectivity index is 1.92. The molecule has 1 atom stereocenters. The fourth-order valence-corrected chi connectivity index (χ4v) is 2.99. The minimum atomic E-state index is -0.592. The van der Waals surface area contributed by atoms with Gasteiger partial charge in [-0.3, -0.25) is 4.79 Å². The first-order valence-electron chi connectivity index (χ1n) is 10.7. The van der Waals surface area contributed by atoms with Gasteiger partial charge in [0.05, 0.1) is 25.3 Å². The number of benzene rings is 2. The van der Waals surface area contributed by atoms with Gasteiger partial charge >= 0.3 is 5.97 Å². The molecular formula is C25H33NO5. The largest absolute Gasteiger partial charge is 0.493 e. The normalized spacial score (nSPS) is 11.7. The molecule has 6 nitrogen and oxygen atoms in total. The van der Waals surface area contributed by atoms with Crippen LogP contribution in [0.4, 0.5) is 0 Å². The lowest BCUT2D eigenvalue weighted by atomic mass is 10.0. The number of amides is 1. The van der Waals surface area contributed by atoms with Gasteiger partial charge in [-0.2, -0.15) is 0 Å². The summed E-state index contributed by atoms with van der Waals surface area (Å²) in [4.78, 5) is 24.7. The topological polar surface area (TPSA) is 73.9 Å². The van der Waals surface area contributed by atoms with E-state index in [1.54, 1.807) is 18.2 Å². The second kappa shape index (κ2) is 12.0. The monoisotopic (exact) mass is 427 g/mol. The summed E-state index contributed by atoms with van der Waals surface area (Å²) >= 11 is 0. The van der Waals surface area contributed by atoms with E-state index < -0.39 is 5.97 Å². The van der Waals surface area contributed by atoms with Crippen LogP contribution in [-0.2, 0) is 9.53 Å². The third-order valence-corrected chi connectivity index (χ3v) is 4.91. The van der Waals surface area contributed by atoms with E-state index >= 15 is 0 Å². The number of esters is 1. The van der Waals surface area contributed by atoms with Crippen molar-refractivity contribution in [2.24, 2.45) is 5.92 Å². The van der Waals surface area contributed by atoms with Gasteiger partial charge in [-0.25, -0.2) is 4.79 Å². The van der Waals surface area contributed by atoms with Crippen LogP contribution in [-0.4, -0.2) is 32.2 Å². The lowest BCUT2D eigenvalue weighted by Gasteiger charge is -2.18. The zero-order valence-electron chi connectivity index (χ0n) is 19.1. The Kier molecular flexibility index (Phi) is 9.38. The molecular weight excluding hydrogens is 394 g/mol. The second-order valence-electron chi connectivity index (χ2n) is 7.91. The Morgan fingerprint density at radius 2 is 1.74 bits per heavy atom. The molecule has 2 aromatic carbocycles. The van der Waals surface area contributed by atoms with E-state index in [-0.39, 0.29) is 18.6 Å². The molecule has 0 saturated carbocycles. The predicted octanol–water partition coefficient (Wildman–Crippen LogP) is 4.85. The van der Waals surface area contributed by atoms with Gasteiger partial charge < -0.3 is 19.5 Å². The number of nitrogens with one attached hydrogen (secondary N) is 1. The Bertz CT molecular complexity index is 861. The van der Waals surface area contributed by atoms with Crippen LogP contribution >= 0.6 is 0 Å². The Morgan fingerprint density at radius 3 is 2.35 bits per heavy atom. The average Bonchev–Trinajstić information content (AvgIpc) is 2.76. The van der Waals surface area contributed by atoms with Crippen LogP contribution in [0.3, 0.4) is 0 Å². The van der Waals surface area contributed by atoms with E-state index in [1.807, 2.05) is 38.1 Å². The molecule has 1 amide bonds. The molecule has 31 heavy (non-hydrogen) atoms. The highest BCUT2D eigenvalue weighted by Gasteiger charge is 2.17. The van der Waals surface area contributed by atoms with Crippen LogP contribution in [0.1, 0.15) is 61.1 Å². The highest BCUT2D eigenvalue weighted by Crippen LogP contribution is 2.28. The molecule has 0 spiro atoms. The SMILES string of the molecule is CCC(NC(=O)COC(=O)c1ccc(OCCC(C)C)c(OC)c1)c1ccc(C)cc1. The molecule has 2 aromatic rings. The fraction of sp³-hybridized carbons (Fsp3) is 0.440. The lowest BCUT2D eigenvalue weighted by molar-refractivity contribution is -0.125. The van der Waals surface area contributed by atoms with Gasteiger partial charge in [-0.1, -0.05) is 50.6 Å². The van der Waals surface area contributed by atoms with Crippen molar-refractivity contribution in [3.63, 3.8) is 0 Å². The van der Waals surface area contributed by atoms with Crippen molar-refractivity contribution in [1.29, 1.82) is 0 Å². The van der Waals surface area contributed by atoms with Gasteiger partial charge in [0.1, 0.15) is 0 Å². The summed E-state index contributed by atoms with van der Waals surface area (Å²) in [7, 11) is 1.52. The maximum absolute atomic E-state index is 12.4. The average molecular weight is 428 g/mol. The van der Waals surface area contributed by atoms with E-state index in [0.29, 0.717) is 29.6 Å². The number of hydrogen-bond donors (Lipinski definition) is 1. The van der Waals surface area contributed by atoms with E-state index in [0.717, 1.165) is 24.0 Å². The molecule has 0 fully saturated rings. The molecule has 0 bridgehead atoms. The molecule has 1 N–H and O–H groups in total. The standard InChI is InChI=1S/C25H33NO5/c1-6-21(19-9-7-18(4)8-10-19)26-24(27)16-31-25(28)20-11-12-22(23(15-20)29-5)30-14-13-17(2)3/h7-12,15,17,21H,6,13-14,16H2,1-5H3,(H,26,27). The van der Waals surface area contributed by atoms with Crippen LogP contribution < -0.4 is 14.8 Å². The van der Waals surface area contributed by atoms with Gasteiger partial charge in [-0.15, -0.1) is 0 Å². The molecule has 0 aliphatic rings. The zero-order chi connectivity index (χ0) is 22.8. The summed E-state index contributed by atoms with van der Waals surface area (Å²) in [5.41, 5.74) is 2.47. The third-order valence-electron chi connectivity index (χ3n) is 4.91. The van der Waals surface area contributed by atoms with Gasteiger partial charge in [0, 0.05) is 0 Å². The number of rotatable bonds is 11. The molecule has 6 heteroatoms. The van der Waals surface area contributed by atoms with E-state index in [4.69, 9.17) is 14.2 Å². The van der Waals surface area contributed by atoms with Crippen molar-refractivity contribution in [3.05, 3.63) is 59.2 Å². The van der Waals surface area contributed by atoms with Crippen molar-refractivity contribution in [2.45, 2.75) is 46.6 Å². The van der Waals surface area contributed by atoms with Crippen molar-refractivity contribution < 1.29 is 23.8 Å². The fourth-order valence-electron chi connectivity index (χ4n) is 2.99. The smallest absolute Gasteiger partial charge is 0.338 e. The summed E-state index contributed by atoms with van der Waals surface area (Å²) in [6.07, 6.45) is 1.65. The van der Waals surface area contributed by atoms with Crippen LogP contribution in [0.2, 0.25) is 0 Å². The van der Waals surface area contributed by atoms with Crippen LogP contribution in [0, 0.1) is 12.8 Å². The molecule has 1 unspecified atom stereocenters. The Morgan fingerprint density at radius 1 is 1.03 bits per heavy atom. The first kappa shape index (κ1) is 24.3. The highest BCUT2D eigenvalue weighted by molar-refractivity contribution is 5.92. The van der Waals surface area contributed by atoms with Gasteiger partial charge in [0.2, 0.25) is 0 Å². The minimum absolute atomic E-state index is 0.130. The molecule has 0 saturated heterocycles. The second-order valence-corrected chi connectivity index (χ2v) is 7.91. The van der Waals surface area contributed by atoms with Gasteiger partial charge in [-0.05, 0) is 49.4 Å². The van der Waals surface area contributed by atoms with E-state index in [1.165, 1.54) is 7.11 Å².